The summed E-state index contributed by atoms with van der Waals surface area (Å²) in [5, 5.41) is 3.05. The fourth-order valence-electron chi connectivity index (χ4n) is 3.60. The number of nitrogens with one attached hydrogen (secondary N) is 1. The van der Waals surface area contributed by atoms with E-state index in [0.717, 1.165) is 48.8 Å². The third kappa shape index (κ3) is 5.22. The maximum Gasteiger partial charge on any atom is 0.238 e. The van der Waals surface area contributed by atoms with Crippen LogP contribution in [0.2, 0.25) is 0 Å². The minimum Gasteiger partial charge on any atom is -0.325 e. The van der Waals surface area contributed by atoms with Crippen LogP contribution < -0.4 is 10.2 Å². The molecule has 1 aliphatic rings. The molecule has 1 saturated heterocycles. The molecule has 0 bridgehead atoms. The summed E-state index contributed by atoms with van der Waals surface area (Å²) >= 11 is 0. The molecule has 0 radical (unpaired) electrons. The summed E-state index contributed by atoms with van der Waals surface area (Å²) in [6.07, 6.45) is 6.91. The lowest BCUT2D eigenvalue weighted by molar-refractivity contribution is -0.117. The Labute approximate surface area is 182 Å². The quantitative estimate of drug-likeness (QED) is 0.661. The molecule has 3 heterocycles. The van der Waals surface area contributed by atoms with Crippen molar-refractivity contribution in [1.82, 2.24) is 24.8 Å². The van der Waals surface area contributed by atoms with Gasteiger partial charge in [0, 0.05) is 56.7 Å². The topological polar surface area (TPSA) is 77.5 Å². The van der Waals surface area contributed by atoms with Crippen LogP contribution in [-0.4, -0.2) is 70.4 Å². The van der Waals surface area contributed by atoms with Gasteiger partial charge in [-0.2, -0.15) is 0 Å². The summed E-state index contributed by atoms with van der Waals surface area (Å²) < 4.78 is 0. The summed E-state index contributed by atoms with van der Waals surface area (Å²) in [5.41, 5.74) is 3.58. The van der Waals surface area contributed by atoms with Crippen molar-refractivity contribution >= 4 is 28.9 Å². The number of aryl methyl sites for hydroxylation is 1. The molecule has 0 unspecified atom stereocenters. The van der Waals surface area contributed by atoms with Gasteiger partial charge in [0.1, 0.15) is 0 Å². The van der Waals surface area contributed by atoms with Crippen LogP contribution in [-0.2, 0) is 4.79 Å². The fraction of sp³-hybridized carbons (Fsp3) is 0.304. The lowest BCUT2D eigenvalue weighted by Crippen LogP contribution is -2.47. The van der Waals surface area contributed by atoms with Crippen molar-refractivity contribution in [2.24, 2.45) is 0 Å². The maximum atomic E-state index is 12.7. The number of likely N-dealkylation sites (N-methyl/N-ethyl adjacent to an activating group) is 1. The van der Waals surface area contributed by atoms with Gasteiger partial charge in [0.15, 0.2) is 0 Å². The second-order valence-electron chi connectivity index (χ2n) is 7.72. The zero-order valence-electron chi connectivity index (χ0n) is 17.9. The number of hydrogen-bond donors (Lipinski definition) is 1. The van der Waals surface area contributed by atoms with E-state index in [-0.39, 0.29) is 5.91 Å². The Bertz CT molecular complexity index is 965. The SMILES string of the molecule is Cc1ccc(NC(=O)CN2CCN(C)CC2)cc1N(c1ccncc1)c1ncccn1. The molecule has 160 valence electrons. The molecular formula is C23H27N7O. The zero-order chi connectivity index (χ0) is 21.6. The molecule has 1 amide bonds. The van der Waals surface area contributed by atoms with Crippen LogP contribution in [0, 0.1) is 6.92 Å². The van der Waals surface area contributed by atoms with Crippen LogP contribution >= 0.6 is 0 Å². The van der Waals surface area contributed by atoms with Crippen LogP contribution in [0.5, 0.6) is 0 Å². The standard InChI is InChI=1S/C23H27N7O/c1-18-4-5-19(27-22(31)17-29-14-12-28(2)13-15-29)16-21(18)30(20-6-10-24-11-7-20)23-25-8-3-9-26-23/h3-11,16H,12-15,17H2,1-2H3,(H,27,31). The first kappa shape index (κ1) is 20.9. The molecule has 0 saturated carbocycles. The van der Waals surface area contributed by atoms with E-state index in [1.165, 1.54) is 0 Å². The molecule has 1 N–H and O–H groups in total. The van der Waals surface area contributed by atoms with E-state index in [0.29, 0.717) is 12.5 Å². The smallest absolute Gasteiger partial charge is 0.238 e. The molecule has 2 aromatic heterocycles. The van der Waals surface area contributed by atoms with Gasteiger partial charge in [0.2, 0.25) is 11.9 Å². The van der Waals surface area contributed by atoms with E-state index in [1.54, 1.807) is 30.9 Å². The van der Waals surface area contributed by atoms with Gasteiger partial charge in [0.05, 0.1) is 17.9 Å². The van der Waals surface area contributed by atoms with Gasteiger partial charge >= 0.3 is 0 Å². The highest BCUT2D eigenvalue weighted by Gasteiger charge is 2.19. The highest BCUT2D eigenvalue weighted by atomic mass is 16.2. The summed E-state index contributed by atoms with van der Waals surface area (Å²) in [6, 6.07) is 11.5. The number of carbonyl (C=O) groups excluding carboxylic acids is 1. The zero-order valence-corrected chi connectivity index (χ0v) is 17.9. The van der Waals surface area contributed by atoms with Crippen LogP contribution in [0.1, 0.15) is 5.56 Å². The molecule has 4 rings (SSSR count). The summed E-state index contributed by atoms with van der Waals surface area (Å²) in [6.45, 7) is 6.21. The van der Waals surface area contributed by atoms with Gasteiger partial charge in [-0.15, -0.1) is 0 Å². The van der Waals surface area contributed by atoms with E-state index in [2.05, 4.69) is 37.1 Å². The number of nitrogens with zero attached hydrogens (tertiary/aromatic N) is 6. The number of pyridine rings is 1. The second kappa shape index (κ2) is 9.63. The molecule has 1 fully saturated rings. The number of aromatic nitrogens is 3. The third-order valence-corrected chi connectivity index (χ3v) is 5.37. The Hall–Kier alpha value is -3.36. The van der Waals surface area contributed by atoms with Crippen LogP contribution in [0.3, 0.4) is 0 Å². The van der Waals surface area contributed by atoms with E-state index in [1.807, 2.05) is 42.2 Å². The minimum absolute atomic E-state index is 0.00854. The number of rotatable bonds is 6. The van der Waals surface area contributed by atoms with Crippen LogP contribution in [0.15, 0.2) is 61.2 Å². The highest BCUT2D eigenvalue weighted by molar-refractivity contribution is 5.93. The van der Waals surface area contributed by atoms with E-state index in [4.69, 9.17) is 0 Å². The van der Waals surface area contributed by atoms with Crippen LogP contribution in [0.4, 0.5) is 23.0 Å². The number of benzene rings is 1. The number of anilines is 4. The van der Waals surface area contributed by atoms with Crippen molar-refractivity contribution in [3.8, 4) is 0 Å². The average Bonchev–Trinajstić information content (AvgIpc) is 2.79. The predicted octanol–water partition coefficient (Wildman–Crippen LogP) is 2.84. The predicted molar refractivity (Wildman–Crippen MR) is 122 cm³/mol. The first-order chi connectivity index (χ1) is 15.1. The molecule has 1 aromatic carbocycles. The van der Waals surface area contributed by atoms with Crippen molar-refractivity contribution in [3.05, 3.63) is 66.7 Å². The Morgan fingerprint density at radius 2 is 1.74 bits per heavy atom. The lowest BCUT2D eigenvalue weighted by atomic mass is 10.1. The van der Waals surface area contributed by atoms with Gasteiger partial charge in [0.25, 0.3) is 0 Å². The van der Waals surface area contributed by atoms with Gasteiger partial charge < -0.3 is 10.2 Å². The van der Waals surface area contributed by atoms with E-state index < -0.39 is 0 Å². The van der Waals surface area contributed by atoms with Crippen molar-refractivity contribution in [3.63, 3.8) is 0 Å². The molecule has 3 aromatic rings. The number of piperazine rings is 1. The normalized spacial score (nSPS) is 14.9. The first-order valence-electron chi connectivity index (χ1n) is 10.4. The van der Waals surface area contributed by atoms with Gasteiger partial charge in [-0.05, 0) is 49.9 Å². The number of hydrogen-bond acceptors (Lipinski definition) is 7. The Morgan fingerprint density at radius 3 is 2.45 bits per heavy atom. The molecule has 0 spiro atoms. The minimum atomic E-state index is -0.00854. The van der Waals surface area contributed by atoms with Crippen molar-refractivity contribution in [2.75, 3.05) is 50.0 Å². The fourth-order valence-corrected chi connectivity index (χ4v) is 3.60. The van der Waals surface area contributed by atoms with Crippen molar-refractivity contribution < 1.29 is 4.79 Å². The van der Waals surface area contributed by atoms with Crippen molar-refractivity contribution in [2.45, 2.75) is 6.92 Å². The van der Waals surface area contributed by atoms with Crippen molar-refractivity contribution in [1.29, 1.82) is 0 Å². The molecule has 1 aliphatic heterocycles. The summed E-state index contributed by atoms with van der Waals surface area (Å²) in [7, 11) is 2.11. The van der Waals surface area contributed by atoms with Gasteiger partial charge in [-0.3, -0.25) is 19.6 Å². The molecule has 8 nitrogen and oxygen atoms in total. The highest BCUT2D eigenvalue weighted by Crippen LogP contribution is 2.35. The largest absolute Gasteiger partial charge is 0.325 e. The average molecular weight is 418 g/mol. The third-order valence-electron chi connectivity index (χ3n) is 5.37. The number of amides is 1. The molecule has 31 heavy (non-hydrogen) atoms. The van der Waals surface area contributed by atoms with E-state index >= 15 is 0 Å². The molecular weight excluding hydrogens is 390 g/mol. The van der Waals surface area contributed by atoms with E-state index in [9.17, 15) is 4.79 Å². The second-order valence-corrected chi connectivity index (χ2v) is 7.72. The lowest BCUT2D eigenvalue weighted by Gasteiger charge is -2.31. The summed E-state index contributed by atoms with van der Waals surface area (Å²) in [5.74, 6) is 0.545. The first-order valence-corrected chi connectivity index (χ1v) is 10.4. The Kier molecular flexibility index (Phi) is 6.49. The monoisotopic (exact) mass is 417 g/mol. The molecule has 0 aliphatic carbocycles. The molecule has 0 atom stereocenters. The maximum absolute atomic E-state index is 12.7. The van der Waals surface area contributed by atoms with Gasteiger partial charge in [-0.25, -0.2) is 9.97 Å². The van der Waals surface area contributed by atoms with Crippen LogP contribution in [0.25, 0.3) is 0 Å². The van der Waals surface area contributed by atoms with Gasteiger partial charge in [-0.1, -0.05) is 6.07 Å². The summed E-state index contributed by atoms with van der Waals surface area (Å²) in [4.78, 5) is 32.1. The Balaban J connectivity index is 1.57. The molecule has 8 heteroatoms. The number of carbonyl (C=O) groups is 1. The Morgan fingerprint density at radius 1 is 1.03 bits per heavy atom.